The number of aryl methyl sites for hydroxylation is 1. The fourth-order valence-electron chi connectivity index (χ4n) is 3.30. The van der Waals surface area contributed by atoms with Crippen molar-refractivity contribution in [2.24, 2.45) is 7.05 Å². The van der Waals surface area contributed by atoms with Crippen molar-refractivity contribution >= 4 is 17.7 Å². The lowest BCUT2D eigenvalue weighted by molar-refractivity contribution is -0.131. The zero-order valence-electron chi connectivity index (χ0n) is 16.6. The van der Waals surface area contributed by atoms with Crippen molar-refractivity contribution < 1.29 is 9.53 Å². The molecule has 0 radical (unpaired) electrons. The lowest BCUT2D eigenvalue weighted by atomic mass is 10.0. The van der Waals surface area contributed by atoms with E-state index in [1.807, 2.05) is 28.6 Å². The van der Waals surface area contributed by atoms with Gasteiger partial charge in [-0.15, -0.1) is 10.2 Å². The molecule has 0 unspecified atom stereocenters. The molecular formula is C20H28N4O2S. The van der Waals surface area contributed by atoms with E-state index in [4.69, 9.17) is 4.74 Å². The van der Waals surface area contributed by atoms with E-state index in [-0.39, 0.29) is 5.91 Å². The highest BCUT2D eigenvalue weighted by molar-refractivity contribution is 7.99. The number of nitrogens with zero attached hydrogens (tertiary/aromatic N) is 4. The van der Waals surface area contributed by atoms with E-state index in [1.54, 1.807) is 0 Å². The van der Waals surface area contributed by atoms with Crippen LogP contribution >= 0.6 is 11.8 Å². The van der Waals surface area contributed by atoms with Crippen LogP contribution in [-0.4, -0.2) is 43.9 Å². The zero-order chi connectivity index (χ0) is 19.4. The van der Waals surface area contributed by atoms with Crippen LogP contribution in [0.3, 0.4) is 0 Å². The molecule has 3 rings (SSSR count). The Morgan fingerprint density at radius 3 is 2.89 bits per heavy atom. The number of ether oxygens (including phenoxy) is 1. The summed E-state index contributed by atoms with van der Waals surface area (Å²) in [5, 5.41) is 9.20. The smallest absolute Gasteiger partial charge is 0.233 e. The van der Waals surface area contributed by atoms with Crippen molar-refractivity contribution in [3.63, 3.8) is 0 Å². The Kier molecular flexibility index (Phi) is 6.42. The van der Waals surface area contributed by atoms with Crippen LogP contribution in [0.4, 0.5) is 0 Å². The predicted octanol–water partition coefficient (Wildman–Crippen LogP) is 3.50. The number of carbonyl (C=O) groups excluding carboxylic acids is 1. The maximum absolute atomic E-state index is 12.5. The quantitative estimate of drug-likeness (QED) is 0.709. The van der Waals surface area contributed by atoms with E-state index in [9.17, 15) is 4.79 Å². The zero-order valence-corrected chi connectivity index (χ0v) is 17.4. The number of benzene rings is 1. The molecule has 1 amide bonds. The van der Waals surface area contributed by atoms with Crippen molar-refractivity contribution in [1.29, 1.82) is 0 Å². The summed E-state index contributed by atoms with van der Waals surface area (Å²) in [6.07, 6.45) is 3.41. The van der Waals surface area contributed by atoms with E-state index >= 15 is 0 Å². The van der Waals surface area contributed by atoms with E-state index in [1.165, 1.54) is 23.7 Å². The van der Waals surface area contributed by atoms with Gasteiger partial charge in [-0.25, -0.2) is 0 Å². The van der Waals surface area contributed by atoms with Crippen molar-refractivity contribution in [3.05, 3.63) is 35.2 Å². The third-order valence-corrected chi connectivity index (χ3v) is 6.29. The molecule has 1 aromatic carbocycles. The number of thioether (sulfide) groups is 1. The maximum atomic E-state index is 12.5. The molecule has 1 fully saturated rings. The molecule has 146 valence electrons. The van der Waals surface area contributed by atoms with Gasteiger partial charge in [-0.05, 0) is 57.2 Å². The number of carbonyl (C=O) groups is 1. The molecule has 0 aliphatic carbocycles. The second-order valence-electron chi connectivity index (χ2n) is 7.17. The van der Waals surface area contributed by atoms with Gasteiger partial charge in [0.15, 0.2) is 11.0 Å². The summed E-state index contributed by atoms with van der Waals surface area (Å²) in [6.45, 7) is 7.47. The molecule has 0 saturated carbocycles. The number of hydrogen-bond acceptors (Lipinski definition) is 5. The summed E-state index contributed by atoms with van der Waals surface area (Å²) in [7, 11) is 1.91. The van der Waals surface area contributed by atoms with Crippen LogP contribution in [0.5, 0.6) is 5.75 Å². The highest BCUT2D eigenvalue weighted by Gasteiger charge is 2.23. The Bertz CT molecular complexity index is 805. The van der Waals surface area contributed by atoms with Crippen molar-refractivity contribution in [1.82, 2.24) is 19.7 Å². The third-order valence-electron chi connectivity index (χ3n) is 5.28. The SMILES string of the molecule is Cc1cccc(OCc2nnc(SCC(=O)N3CCCC[C@H]3C)n2C)c1C. The Morgan fingerprint density at radius 2 is 2.11 bits per heavy atom. The van der Waals surface area contributed by atoms with Gasteiger partial charge in [-0.3, -0.25) is 4.79 Å². The van der Waals surface area contributed by atoms with Crippen LogP contribution in [0.25, 0.3) is 0 Å². The van der Waals surface area contributed by atoms with Gasteiger partial charge in [0.2, 0.25) is 5.91 Å². The lowest BCUT2D eigenvalue weighted by Gasteiger charge is -2.33. The van der Waals surface area contributed by atoms with E-state index in [2.05, 4.69) is 37.0 Å². The van der Waals surface area contributed by atoms with Gasteiger partial charge in [-0.1, -0.05) is 23.9 Å². The molecule has 0 bridgehead atoms. The summed E-state index contributed by atoms with van der Waals surface area (Å²) in [6, 6.07) is 6.36. The minimum atomic E-state index is 0.184. The van der Waals surface area contributed by atoms with Crippen LogP contribution in [-0.2, 0) is 18.4 Å². The summed E-state index contributed by atoms with van der Waals surface area (Å²) in [5.41, 5.74) is 2.34. The molecule has 0 spiro atoms. The Balaban J connectivity index is 1.57. The van der Waals surface area contributed by atoms with Gasteiger partial charge >= 0.3 is 0 Å². The first kappa shape index (κ1) is 19.7. The fourth-order valence-corrected chi connectivity index (χ4v) is 4.11. The standard InChI is InChI=1S/C20H28N4O2S/c1-14-8-7-10-17(16(14)3)26-12-18-21-22-20(23(18)4)27-13-19(25)24-11-6-5-9-15(24)2/h7-8,10,15H,5-6,9,11-13H2,1-4H3/t15-/m1/s1. The summed E-state index contributed by atoms with van der Waals surface area (Å²) in [5.74, 6) is 2.19. The average Bonchev–Trinajstić information content (AvgIpc) is 3.01. The van der Waals surface area contributed by atoms with Gasteiger partial charge in [0.1, 0.15) is 12.4 Å². The first-order chi connectivity index (χ1) is 13.0. The first-order valence-electron chi connectivity index (χ1n) is 9.47. The van der Waals surface area contributed by atoms with Gasteiger partial charge in [0.05, 0.1) is 5.75 Å². The number of piperidine rings is 1. The van der Waals surface area contributed by atoms with Crippen LogP contribution in [0.1, 0.15) is 43.1 Å². The van der Waals surface area contributed by atoms with Gasteiger partial charge in [0.25, 0.3) is 0 Å². The largest absolute Gasteiger partial charge is 0.485 e. The number of rotatable bonds is 6. The number of amides is 1. The molecule has 27 heavy (non-hydrogen) atoms. The summed E-state index contributed by atoms with van der Waals surface area (Å²) < 4.78 is 7.83. The lowest BCUT2D eigenvalue weighted by Crippen LogP contribution is -2.42. The topological polar surface area (TPSA) is 60.3 Å². The Labute approximate surface area is 165 Å². The monoisotopic (exact) mass is 388 g/mol. The van der Waals surface area contributed by atoms with Gasteiger partial charge in [0, 0.05) is 19.6 Å². The minimum Gasteiger partial charge on any atom is -0.485 e. The van der Waals surface area contributed by atoms with Crippen molar-refractivity contribution in [3.8, 4) is 5.75 Å². The molecule has 1 aliphatic rings. The highest BCUT2D eigenvalue weighted by Crippen LogP contribution is 2.23. The van der Waals surface area contributed by atoms with E-state index in [0.29, 0.717) is 18.4 Å². The van der Waals surface area contributed by atoms with Gasteiger partial charge < -0.3 is 14.2 Å². The Morgan fingerprint density at radius 1 is 1.30 bits per heavy atom. The molecule has 2 aromatic rings. The summed E-state index contributed by atoms with van der Waals surface area (Å²) >= 11 is 1.44. The molecule has 1 atom stereocenters. The number of hydrogen-bond donors (Lipinski definition) is 0. The van der Waals surface area contributed by atoms with E-state index < -0.39 is 0 Å². The maximum Gasteiger partial charge on any atom is 0.233 e. The van der Waals surface area contributed by atoms with Crippen LogP contribution in [0.15, 0.2) is 23.4 Å². The second-order valence-corrected chi connectivity index (χ2v) is 8.11. The fraction of sp³-hybridized carbons (Fsp3) is 0.550. The molecule has 1 aromatic heterocycles. The first-order valence-corrected chi connectivity index (χ1v) is 10.5. The van der Waals surface area contributed by atoms with Crippen LogP contribution < -0.4 is 4.74 Å². The number of aromatic nitrogens is 3. The van der Waals surface area contributed by atoms with Crippen LogP contribution in [0.2, 0.25) is 0 Å². The average molecular weight is 389 g/mol. The molecular weight excluding hydrogens is 360 g/mol. The van der Waals surface area contributed by atoms with Crippen molar-refractivity contribution in [2.45, 2.75) is 57.8 Å². The highest BCUT2D eigenvalue weighted by atomic mass is 32.2. The molecule has 1 saturated heterocycles. The molecule has 1 aliphatic heterocycles. The van der Waals surface area contributed by atoms with Crippen LogP contribution in [0, 0.1) is 13.8 Å². The van der Waals surface area contributed by atoms with Crippen molar-refractivity contribution in [2.75, 3.05) is 12.3 Å². The molecule has 0 N–H and O–H groups in total. The second kappa shape index (κ2) is 8.78. The molecule has 7 heteroatoms. The predicted molar refractivity (Wildman–Crippen MR) is 107 cm³/mol. The van der Waals surface area contributed by atoms with E-state index in [0.717, 1.165) is 41.7 Å². The Hall–Kier alpha value is -2.02. The van der Waals surface area contributed by atoms with Gasteiger partial charge in [-0.2, -0.15) is 0 Å². The molecule has 2 heterocycles. The third kappa shape index (κ3) is 4.64. The molecule has 6 nitrogen and oxygen atoms in total. The number of likely N-dealkylation sites (tertiary alicyclic amines) is 1. The normalized spacial score (nSPS) is 17.2. The minimum absolute atomic E-state index is 0.184. The summed E-state index contributed by atoms with van der Waals surface area (Å²) in [4.78, 5) is 14.5.